The third-order valence-electron chi connectivity index (χ3n) is 4.88. The van der Waals surface area contributed by atoms with Crippen molar-refractivity contribution in [2.24, 2.45) is 0 Å². The number of carbonyl (C=O) groups is 1. The van der Waals surface area contributed by atoms with Crippen molar-refractivity contribution in [1.82, 2.24) is 0 Å². The van der Waals surface area contributed by atoms with Gasteiger partial charge in [0.05, 0.1) is 0 Å². The van der Waals surface area contributed by atoms with Gasteiger partial charge in [0.1, 0.15) is 5.75 Å². The number of hydrogen-bond donors (Lipinski definition) is 2. The van der Waals surface area contributed by atoms with E-state index in [4.69, 9.17) is 5.11 Å². The van der Waals surface area contributed by atoms with Crippen molar-refractivity contribution >= 4 is 12.0 Å². The summed E-state index contributed by atoms with van der Waals surface area (Å²) in [6, 6.07) is 20.0. The van der Waals surface area contributed by atoms with Crippen molar-refractivity contribution in [2.75, 3.05) is 0 Å². The number of phenols is 1. The molecule has 0 amide bonds. The molecular formula is C25H24O3. The number of phenolic OH excluding ortho intramolecular Hbond substituents is 1. The van der Waals surface area contributed by atoms with Crippen molar-refractivity contribution in [3.05, 3.63) is 83.4 Å². The molecular weight excluding hydrogens is 348 g/mol. The summed E-state index contributed by atoms with van der Waals surface area (Å²) < 4.78 is 0. The van der Waals surface area contributed by atoms with E-state index in [1.54, 1.807) is 12.1 Å². The highest BCUT2D eigenvalue weighted by Gasteiger charge is 2.10. The van der Waals surface area contributed by atoms with E-state index in [0.29, 0.717) is 5.56 Å². The van der Waals surface area contributed by atoms with Crippen LogP contribution in [-0.2, 0) is 17.6 Å². The second-order valence-electron chi connectivity index (χ2n) is 6.72. The minimum Gasteiger partial charge on any atom is -0.508 e. The quantitative estimate of drug-likeness (QED) is 0.526. The number of carboxylic acids is 1. The van der Waals surface area contributed by atoms with Crippen LogP contribution in [0.3, 0.4) is 0 Å². The summed E-state index contributed by atoms with van der Waals surface area (Å²) in [5.74, 6) is -0.910. The fourth-order valence-corrected chi connectivity index (χ4v) is 3.41. The Kier molecular flexibility index (Phi) is 5.95. The molecule has 0 aliphatic carbocycles. The summed E-state index contributed by atoms with van der Waals surface area (Å²) in [4.78, 5) is 10.9. The molecule has 3 aromatic carbocycles. The molecule has 3 nitrogen and oxygen atoms in total. The van der Waals surface area contributed by atoms with Crippen LogP contribution in [0.4, 0.5) is 0 Å². The van der Waals surface area contributed by atoms with Gasteiger partial charge in [-0.15, -0.1) is 0 Å². The Labute approximate surface area is 165 Å². The molecule has 0 unspecified atom stereocenters. The fourth-order valence-electron chi connectivity index (χ4n) is 3.41. The lowest BCUT2D eigenvalue weighted by molar-refractivity contribution is -0.131. The van der Waals surface area contributed by atoms with Crippen molar-refractivity contribution in [2.45, 2.75) is 26.7 Å². The third-order valence-corrected chi connectivity index (χ3v) is 4.88. The van der Waals surface area contributed by atoms with E-state index < -0.39 is 5.97 Å². The average Bonchev–Trinajstić information content (AvgIpc) is 2.72. The van der Waals surface area contributed by atoms with Gasteiger partial charge in [-0.05, 0) is 70.0 Å². The first-order chi connectivity index (χ1) is 13.5. The van der Waals surface area contributed by atoms with Gasteiger partial charge < -0.3 is 10.2 Å². The highest BCUT2D eigenvalue weighted by Crippen LogP contribution is 2.33. The Balaban J connectivity index is 2.09. The van der Waals surface area contributed by atoms with Crippen LogP contribution in [0.25, 0.3) is 28.3 Å². The largest absolute Gasteiger partial charge is 0.508 e. The maximum atomic E-state index is 10.9. The Morgan fingerprint density at radius 3 is 2.36 bits per heavy atom. The normalized spacial score (nSPS) is 11.1. The molecule has 0 spiro atoms. The number of hydrogen-bond acceptors (Lipinski definition) is 2. The van der Waals surface area contributed by atoms with Crippen LogP contribution < -0.4 is 0 Å². The van der Waals surface area contributed by atoms with Crippen molar-refractivity contribution in [3.8, 4) is 28.0 Å². The van der Waals surface area contributed by atoms with Gasteiger partial charge in [-0.25, -0.2) is 4.79 Å². The van der Waals surface area contributed by atoms with E-state index in [9.17, 15) is 9.90 Å². The van der Waals surface area contributed by atoms with Gasteiger partial charge in [-0.1, -0.05) is 62.4 Å². The molecule has 0 radical (unpaired) electrons. The van der Waals surface area contributed by atoms with E-state index in [1.807, 2.05) is 6.07 Å². The van der Waals surface area contributed by atoms with Crippen LogP contribution in [0.5, 0.6) is 5.75 Å². The maximum absolute atomic E-state index is 10.9. The van der Waals surface area contributed by atoms with E-state index in [1.165, 1.54) is 28.3 Å². The van der Waals surface area contributed by atoms with Crippen LogP contribution in [0, 0.1) is 0 Å². The molecule has 2 N–H and O–H groups in total. The number of aromatic hydroxyl groups is 1. The highest BCUT2D eigenvalue weighted by atomic mass is 16.4. The molecule has 0 heterocycles. The van der Waals surface area contributed by atoms with Crippen molar-refractivity contribution in [1.29, 1.82) is 0 Å². The number of benzene rings is 3. The van der Waals surface area contributed by atoms with Crippen LogP contribution in [0.2, 0.25) is 0 Å². The Bertz CT molecular complexity index is 1030. The number of rotatable bonds is 6. The first-order valence-corrected chi connectivity index (χ1v) is 9.48. The molecule has 3 aromatic rings. The van der Waals surface area contributed by atoms with Crippen LogP contribution >= 0.6 is 0 Å². The second kappa shape index (κ2) is 8.57. The second-order valence-corrected chi connectivity index (χ2v) is 6.72. The van der Waals surface area contributed by atoms with Crippen LogP contribution in [0.1, 0.15) is 30.5 Å². The molecule has 142 valence electrons. The van der Waals surface area contributed by atoms with E-state index in [-0.39, 0.29) is 5.75 Å². The summed E-state index contributed by atoms with van der Waals surface area (Å²) in [5.41, 5.74) is 7.51. The lowest BCUT2D eigenvalue weighted by atomic mass is 9.91. The summed E-state index contributed by atoms with van der Waals surface area (Å²) in [6.45, 7) is 4.29. The highest BCUT2D eigenvalue weighted by molar-refractivity contribution is 5.88. The number of carboxylic acid groups (broad SMARTS) is 1. The molecule has 0 bridgehead atoms. The van der Waals surface area contributed by atoms with Gasteiger partial charge >= 0.3 is 5.97 Å². The zero-order valence-electron chi connectivity index (χ0n) is 16.1. The van der Waals surface area contributed by atoms with Crippen molar-refractivity contribution < 1.29 is 15.0 Å². The van der Waals surface area contributed by atoms with Gasteiger partial charge in [0.25, 0.3) is 0 Å². The fraction of sp³-hybridized carbons (Fsp3) is 0.160. The smallest absolute Gasteiger partial charge is 0.328 e. The molecule has 0 saturated carbocycles. The standard InChI is InChI=1S/C25H24O3/c1-3-17-6-5-7-19(14-17)23-11-8-20(15-18(23)4-2)24-12-10-22(26)16-21(24)9-13-25(27)28/h5-16,26H,3-4H2,1-2H3,(H,27,28)/b13-9+. The first kappa shape index (κ1) is 19.4. The molecule has 0 aliphatic heterocycles. The van der Waals surface area contributed by atoms with Gasteiger partial charge in [0.15, 0.2) is 0 Å². The predicted molar refractivity (Wildman–Crippen MR) is 114 cm³/mol. The first-order valence-electron chi connectivity index (χ1n) is 9.48. The molecule has 28 heavy (non-hydrogen) atoms. The zero-order chi connectivity index (χ0) is 20.1. The molecule has 0 aromatic heterocycles. The lowest BCUT2D eigenvalue weighted by Gasteiger charge is -2.14. The van der Waals surface area contributed by atoms with Gasteiger partial charge in [0, 0.05) is 6.08 Å². The Morgan fingerprint density at radius 1 is 0.893 bits per heavy atom. The third kappa shape index (κ3) is 4.32. The SMILES string of the molecule is CCc1cccc(-c2ccc(-c3ccc(O)cc3/C=C/C(=O)O)cc2CC)c1. The zero-order valence-corrected chi connectivity index (χ0v) is 16.1. The topological polar surface area (TPSA) is 57.5 Å². The summed E-state index contributed by atoms with van der Waals surface area (Å²) in [7, 11) is 0. The Hall–Kier alpha value is -3.33. The predicted octanol–water partition coefficient (Wildman–Crippen LogP) is 5.95. The maximum Gasteiger partial charge on any atom is 0.328 e. The molecule has 0 saturated heterocycles. The number of aryl methyl sites for hydroxylation is 2. The molecule has 0 atom stereocenters. The van der Waals surface area contributed by atoms with Gasteiger partial charge in [0.2, 0.25) is 0 Å². The summed E-state index contributed by atoms with van der Waals surface area (Å²) in [6.07, 6.45) is 4.49. The van der Waals surface area contributed by atoms with Gasteiger partial charge in [-0.2, -0.15) is 0 Å². The monoisotopic (exact) mass is 372 g/mol. The van der Waals surface area contributed by atoms with E-state index in [2.05, 4.69) is 56.3 Å². The minimum absolute atomic E-state index is 0.109. The number of aliphatic carboxylic acids is 1. The van der Waals surface area contributed by atoms with E-state index >= 15 is 0 Å². The van der Waals surface area contributed by atoms with Crippen LogP contribution in [0.15, 0.2) is 66.7 Å². The minimum atomic E-state index is -1.02. The molecule has 3 heteroatoms. The lowest BCUT2D eigenvalue weighted by Crippen LogP contribution is -1.92. The van der Waals surface area contributed by atoms with Crippen LogP contribution in [-0.4, -0.2) is 16.2 Å². The van der Waals surface area contributed by atoms with Crippen molar-refractivity contribution in [3.63, 3.8) is 0 Å². The average molecular weight is 372 g/mol. The molecule has 0 aliphatic rings. The van der Waals surface area contributed by atoms with E-state index in [0.717, 1.165) is 30.0 Å². The summed E-state index contributed by atoms with van der Waals surface area (Å²) >= 11 is 0. The molecule has 0 fully saturated rings. The Morgan fingerprint density at radius 2 is 1.64 bits per heavy atom. The summed E-state index contributed by atoms with van der Waals surface area (Å²) in [5, 5.41) is 18.8. The van der Waals surface area contributed by atoms with Gasteiger partial charge in [-0.3, -0.25) is 0 Å². The molecule has 3 rings (SSSR count).